The Kier molecular flexibility index (Phi) is 26.8. The summed E-state index contributed by atoms with van der Waals surface area (Å²) in [5, 5.41) is 10.0. The number of aliphatic hydroxyl groups excluding tert-OH is 1. The Morgan fingerprint density at radius 2 is 1.16 bits per heavy atom. The molecule has 2 unspecified atom stereocenters. The minimum atomic E-state index is -0.969. The molecule has 1 aliphatic rings. The van der Waals surface area contributed by atoms with Crippen LogP contribution in [0, 0.1) is 5.92 Å². The topological polar surface area (TPSA) is 85.4 Å². The molecule has 0 aromatic rings. The molecule has 1 N–H and O–H groups in total. The number of epoxide rings is 1. The first kappa shape index (κ1) is 40.6. The van der Waals surface area contributed by atoms with Crippen molar-refractivity contribution in [3.63, 3.8) is 0 Å². The number of carbonyl (C=O) groups excluding carboxylic acids is 2. The van der Waals surface area contributed by atoms with Crippen LogP contribution in [0.4, 0.5) is 0 Å². The molecule has 0 radical (unpaired) electrons. The maximum absolute atomic E-state index is 12.0. The molecule has 0 spiro atoms. The van der Waals surface area contributed by atoms with E-state index in [1.54, 1.807) is 0 Å². The van der Waals surface area contributed by atoms with Gasteiger partial charge in [-0.15, -0.1) is 0 Å². The fraction of sp³-hybridized carbons (Fsp3) is 0.895. The quantitative estimate of drug-likeness (QED) is 0.0348. The average molecular weight is 623 g/mol. The fourth-order valence-electron chi connectivity index (χ4n) is 5.63. The molecule has 44 heavy (non-hydrogen) atoms. The Bertz CT molecular complexity index is 705. The van der Waals surface area contributed by atoms with Crippen LogP contribution in [0.3, 0.4) is 0 Å². The van der Waals surface area contributed by atoms with Crippen LogP contribution in [0.25, 0.3) is 0 Å². The number of ether oxygens (including phenoxy) is 3. The predicted octanol–water partition coefficient (Wildman–Crippen LogP) is 10.2. The second kappa shape index (κ2) is 29.0. The van der Waals surface area contributed by atoms with Crippen molar-refractivity contribution < 1.29 is 28.9 Å². The zero-order chi connectivity index (χ0) is 32.1. The molecule has 258 valence electrons. The lowest BCUT2D eigenvalue weighted by Crippen LogP contribution is -2.25. The largest absolute Gasteiger partial charge is 0.463 e. The Balaban J connectivity index is 1.82. The second-order valence-electron chi connectivity index (χ2n) is 13.6. The summed E-state index contributed by atoms with van der Waals surface area (Å²) in [6, 6.07) is 0. The molecular formula is C38H70O6. The SMILES string of the molecule is CCCCC/C=C\CC1OC1CCCCCCCC(=O)OC[C@@H](O)COC(=O)CCCCCCCCCCCCCC(C)C. The molecule has 0 amide bonds. The van der Waals surface area contributed by atoms with Crippen LogP contribution >= 0.6 is 0 Å². The molecule has 6 nitrogen and oxygen atoms in total. The van der Waals surface area contributed by atoms with E-state index in [2.05, 4.69) is 32.9 Å². The van der Waals surface area contributed by atoms with Crippen molar-refractivity contribution in [3.05, 3.63) is 12.2 Å². The highest BCUT2D eigenvalue weighted by molar-refractivity contribution is 5.69. The number of rotatable bonds is 32. The van der Waals surface area contributed by atoms with Crippen molar-refractivity contribution in [1.29, 1.82) is 0 Å². The molecule has 3 atom stereocenters. The van der Waals surface area contributed by atoms with Crippen LogP contribution in [0.15, 0.2) is 12.2 Å². The summed E-state index contributed by atoms with van der Waals surface area (Å²) in [5.41, 5.74) is 0. The van der Waals surface area contributed by atoms with E-state index in [4.69, 9.17) is 14.2 Å². The Morgan fingerprint density at radius 1 is 0.659 bits per heavy atom. The summed E-state index contributed by atoms with van der Waals surface area (Å²) in [4.78, 5) is 23.9. The molecule has 0 aromatic carbocycles. The first-order valence-corrected chi connectivity index (χ1v) is 18.7. The molecule has 1 heterocycles. The number of allylic oxidation sites excluding steroid dienone is 1. The van der Waals surface area contributed by atoms with Gasteiger partial charge in [-0.25, -0.2) is 0 Å². The van der Waals surface area contributed by atoms with Crippen LogP contribution in [-0.4, -0.2) is 48.6 Å². The van der Waals surface area contributed by atoms with Crippen molar-refractivity contribution >= 4 is 11.9 Å². The molecular weight excluding hydrogens is 552 g/mol. The zero-order valence-corrected chi connectivity index (χ0v) is 29.0. The summed E-state index contributed by atoms with van der Waals surface area (Å²) in [5.74, 6) is 0.250. The molecule has 0 aromatic heterocycles. The molecule has 1 aliphatic heterocycles. The van der Waals surface area contributed by atoms with Gasteiger partial charge in [-0.1, -0.05) is 142 Å². The molecule has 1 saturated heterocycles. The normalized spacial score (nSPS) is 16.9. The van der Waals surface area contributed by atoms with Crippen LogP contribution in [0.5, 0.6) is 0 Å². The van der Waals surface area contributed by atoms with Gasteiger partial charge in [0.25, 0.3) is 0 Å². The number of carbonyl (C=O) groups is 2. The number of unbranched alkanes of at least 4 members (excludes halogenated alkanes) is 17. The van der Waals surface area contributed by atoms with Gasteiger partial charge in [0, 0.05) is 12.8 Å². The van der Waals surface area contributed by atoms with Crippen molar-refractivity contribution in [1.82, 2.24) is 0 Å². The van der Waals surface area contributed by atoms with Gasteiger partial charge < -0.3 is 19.3 Å². The van der Waals surface area contributed by atoms with Gasteiger partial charge in [-0.2, -0.15) is 0 Å². The fourth-order valence-corrected chi connectivity index (χ4v) is 5.63. The van der Waals surface area contributed by atoms with Gasteiger partial charge in [-0.3, -0.25) is 9.59 Å². The lowest BCUT2D eigenvalue weighted by molar-refractivity contribution is -0.152. The molecule has 1 rings (SSSR count). The Labute approximate surface area is 271 Å². The summed E-state index contributed by atoms with van der Waals surface area (Å²) in [6.45, 7) is 6.59. The van der Waals surface area contributed by atoms with E-state index in [1.807, 2.05) is 0 Å². The average Bonchev–Trinajstić information content (AvgIpc) is 3.76. The minimum Gasteiger partial charge on any atom is -0.463 e. The first-order chi connectivity index (χ1) is 21.4. The van der Waals surface area contributed by atoms with E-state index < -0.39 is 6.10 Å². The highest BCUT2D eigenvalue weighted by Gasteiger charge is 2.36. The number of esters is 2. The number of aliphatic hydroxyl groups is 1. The van der Waals surface area contributed by atoms with Crippen LogP contribution in [-0.2, 0) is 23.8 Å². The van der Waals surface area contributed by atoms with E-state index in [0.29, 0.717) is 25.0 Å². The molecule has 0 bridgehead atoms. The van der Waals surface area contributed by atoms with E-state index in [0.717, 1.165) is 63.7 Å². The van der Waals surface area contributed by atoms with Gasteiger partial charge in [-0.05, 0) is 44.4 Å². The predicted molar refractivity (Wildman–Crippen MR) is 182 cm³/mol. The second-order valence-corrected chi connectivity index (χ2v) is 13.6. The molecule has 0 saturated carbocycles. The van der Waals surface area contributed by atoms with E-state index in [9.17, 15) is 14.7 Å². The van der Waals surface area contributed by atoms with Gasteiger partial charge >= 0.3 is 11.9 Å². The van der Waals surface area contributed by atoms with E-state index in [-0.39, 0.29) is 25.2 Å². The molecule has 6 heteroatoms. The summed E-state index contributed by atoms with van der Waals surface area (Å²) >= 11 is 0. The number of hydrogen-bond acceptors (Lipinski definition) is 6. The van der Waals surface area contributed by atoms with Crippen molar-refractivity contribution in [2.45, 2.75) is 200 Å². The van der Waals surface area contributed by atoms with Crippen molar-refractivity contribution in [3.8, 4) is 0 Å². The van der Waals surface area contributed by atoms with Crippen molar-refractivity contribution in [2.75, 3.05) is 13.2 Å². The smallest absolute Gasteiger partial charge is 0.305 e. The van der Waals surface area contributed by atoms with Gasteiger partial charge in [0.05, 0.1) is 12.2 Å². The lowest BCUT2D eigenvalue weighted by atomic mass is 10.0. The zero-order valence-electron chi connectivity index (χ0n) is 29.0. The standard InChI is InChI=1S/C38H70O6/c1-4-5-6-7-17-22-27-35-36(44-35)28-23-18-15-20-25-30-38(41)43-32-34(39)31-42-37(40)29-24-19-14-12-10-8-9-11-13-16-21-26-33(2)3/h17,22,33-36,39H,4-16,18-21,23-32H2,1-3H3/b22-17-/t34-,35?,36?/m0/s1. The molecule has 0 aliphatic carbocycles. The van der Waals surface area contributed by atoms with Crippen LogP contribution < -0.4 is 0 Å². The third-order valence-corrected chi connectivity index (χ3v) is 8.60. The monoisotopic (exact) mass is 623 g/mol. The van der Waals surface area contributed by atoms with Crippen molar-refractivity contribution in [2.24, 2.45) is 5.92 Å². The first-order valence-electron chi connectivity index (χ1n) is 18.7. The third-order valence-electron chi connectivity index (χ3n) is 8.60. The van der Waals surface area contributed by atoms with Crippen LogP contribution in [0.1, 0.15) is 181 Å². The summed E-state index contributed by atoms with van der Waals surface area (Å²) in [7, 11) is 0. The maximum Gasteiger partial charge on any atom is 0.305 e. The Morgan fingerprint density at radius 3 is 1.68 bits per heavy atom. The highest BCUT2D eigenvalue weighted by Crippen LogP contribution is 2.30. The molecule has 1 fully saturated rings. The Hall–Kier alpha value is -1.40. The lowest BCUT2D eigenvalue weighted by Gasteiger charge is -2.12. The number of hydrogen-bond donors (Lipinski definition) is 1. The highest BCUT2D eigenvalue weighted by atomic mass is 16.6. The summed E-state index contributed by atoms with van der Waals surface area (Å²) < 4.78 is 16.1. The van der Waals surface area contributed by atoms with Gasteiger partial charge in [0.2, 0.25) is 0 Å². The van der Waals surface area contributed by atoms with Gasteiger partial charge in [0.15, 0.2) is 0 Å². The maximum atomic E-state index is 12.0. The minimum absolute atomic E-state index is 0.121. The van der Waals surface area contributed by atoms with E-state index >= 15 is 0 Å². The van der Waals surface area contributed by atoms with E-state index in [1.165, 1.54) is 89.9 Å². The van der Waals surface area contributed by atoms with Crippen LogP contribution in [0.2, 0.25) is 0 Å². The van der Waals surface area contributed by atoms with Gasteiger partial charge in [0.1, 0.15) is 19.3 Å². The summed E-state index contributed by atoms with van der Waals surface area (Å²) in [6.07, 6.45) is 32.8. The third kappa shape index (κ3) is 27.0.